The van der Waals surface area contributed by atoms with Crippen LogP contribution in [0.4, 0.5) is 5.69 Å². The van der Waals surface area contributed by atoms with E-state index in [1.807, 2.05) is 42.5 Å². The summed E-state index contributed by atoms with van der Waals surface area (Å²) >= 11 is 3.40. The maximum Gasteiger partial charge on any atom is 0.223 e. The third-order valence-electron chi connectivity index (χ3n) is 4.21. The molecule has 1 atom stereocenters. The van der Waals surface area contributed by atoms with Crippen molar-refractivity contribution in [2.45, 2.75) is 31.7 Å². The molecule has 0 saturated heterocycles. The fraction of sp³-hybridized carbons (Fsp3) is 0.316. The smallest absolute Gasteiger partial charge is 0.223 e. The van der Waals surface area contributed by atoms with Crippen LogP contribution in [0, 0.1) is 0 Å². The van der Waals surface area contributed by atoms with Crippen LogP contribution in [0.2, 0.25) is 0 Å². The fourth-order valence-electron chi connectivity index (χ4n) is 3.07. The number of amides is 1. The van der Waals surface area contributed by atoms with E-state index < -0.39 is 0 Å². The molecule has 134 valence electrons. The summed E-state index contributed by atoms with van der Waals surface area (Å²) in [5, 5.41) is 3.12. The van der Waals surface area contributed by atoms with Gasteiger partial charge in [0.1, 0.15) is 5.75 Å². The topological polar surface area (TPSA) is 64.3 Å². The van der Waals surface area contributed by atoms with Crippen LogP contribution in [0.5, 0.6) is 5.75 Å². The van der Waals surface area contributed by atoms with Gasteiger partial charge < -0.3 is 15.8 Å². The van der Waals surface area contributed by atoms with Crippen molar-refractivity contribution < 1.29 is 9.53 Å². The zero-order valence-electron chi connectivity index (χ0n) is 13.8. The van der Waals surface area contributed by atoms with Gasteiger partial charge in [-0.2, -0.15) is 0 Å². The van der Waals surface area contributed by atoms with E-state index in [1.165, 1.54) is 11.1 Å². The molecule has 0 radical (unpaired) electrons. The minimum Gasteiger partial charge on any atom is -0.493 e. The van der Waals surface area contributed by atoms with Gasteiger partial charge in [-0.3, -0.25) is 4.79 Å². The molecule has 0 fully saturated rings. The Kier molecular flexibility index (Phi) is 7.14. The number of hydrogen-bond donors (Lipinski definition) is 2. The van der Waals surface area contributed by atoms with Gasteiger partial charge >= 0.3 is 0 Å². The number of carbonyl (C=O) groups excluding carboxylic acids is 1. The Morgan fingerprint density at radius 3 is 2.92 bits per heavy atom. The van der Waals surface area contributed by atoms with E-state index in [9.17, 15) is 4.79 Å². The molecule has 2 aromatic rings. The molecule has 1 unspecified atom stereocenters. The lowest BCUT2D eigenvalue weighted by atomic mass is 9.87. The molecular formula is C19H22BrClN2O2. The number of rotatable bonds is 5. The zero-order chi connectivity index (χ0) is 16.9. The number of nitrogens with two attached hydrogens (primary N) is 1. The van der Waals surface area contributed by atoms with E-state index in [0.29, 0.717) is 13.0 Å². The van der Waals surface area contributed by atoms with Crippen LogP contribution >= 0.6 is 28.3 Å². The summed E-state index contributed by atoms with van der Waals surface area (Å²) in [5.41, 5.74) is 9.07. The Morgan fingerprint density at radius 1 is 1.28 bits per heavy atom. The van der Waals surface area contributed by atoms with Gasteiger partial charge in [0.15, 0.2) is 0 Å². The predicted octanol–water partition coefficient (Wildman–Crippen LogP) is 4.42. The molecule has 0 aliphatic heterocycles. The molecule has 0 aromatic heterocycles. The monoisotopic (exact) mass is 424 g/mol. The number of anilines is 1. The van der Waals surface area contributed by atoms with Crippen molar-refractivity contribution >= 4 is 39.9 Å². The molecule has 4 nitrogen and oxygen atoms in total. The first-order chi connectivity index (χ1) is 11.6. The molecule has 0 bridgehead atoms. The molecule has 1 amide bonds. The molecule has 3 N–H and O–H groups in total. The van der Waals surface area contributed by atoms with Crippen molar-refractivity contribution in [3.05, 3.63) is 58.1 Å². The quantitative estimate of drug-likeness (QED) is 0.697. The van der Waals surface area contributed by atoms with E-state index in [0.717, 1.165) is 35.2 Å². The fourth-order valence-corrected chi connectivity index (χ4v) is 3.45. The lowest BCUT2D eigenvalue weighted by Gasteiger charge is -2.26. The van der Waals surface area contributed by atoms with Gasteiger partial charge in [-0.05, 0) is 60.7 Å². The van der Waals surface area contributed by atoms with Crippen molar-refractivity contribution in [3.8, 4) is 5.75 Å². The first kappa shape index (κ1) is 19.6. The zero-order valence-corrected chi connectivity index (χ0v) is 16.2. The molecule has 0 spiro atoms. The van der Waals surface area contributed by atoms with E-state index in [2.05, 4.69) is 21.2 Å². The van der Waals surface area contributed by atoms with Gasteiger partial charge in [-0.1, -0.05) is 28.1 Å². The summed E-state index contributed by atoms with van der Waals surface area (Å²) < 4.78 is 6.59. The SMILES string of the molecule is Cl.Nc1ccc2c(c1)CCCC2NC(=O)CCOc1cccc(Br)c1. The van der Waals surface area contributed by atoms with Gasteiger partial charge in [-0.25, -0.2) is 0 Å². The standard InChI is InChI=1S/C19H21BrN2O2.ClH/c20-14-4-2-5-16(12-14)24-10-9-19(23)22-18-6-1-3-13-11-15(21)7-8-17(13)18;/h2,4-5,7-8,11-12,18H,1,3,6,9-10,21H2,(H,22,23);1H. The van der Waals surface area contributed by atoms with Crippen LogP contribution in [0.3, 0.4) is 0 Å². The Balaban J connectivity index is 0.00000225. The summed E-state index contributed by atoms with van der Waals surface area (Å²) in [6, 6.07) is 13.6. The number of hydrogen-bond acceptors (Lipinski definition) is 3. The molecule has 25 heavy (non-hydrogen) atoms. The van der Waals surface area contributed by atoms with Gasteiger partial charge in [0, 0.05) is 10.2 Å². The number of ether oxygens (including phenoxy) is 1. The molecule has 0 heterocycles. The highest BCUT2D eigenvalue weighted by atomic mass is 79.9. The number of benzene rings is 2. The first-order valence-corrected chi connectivity index (χ1v) is 8.97. The van der Waals surface area contributed by atoms with Crippen molar-refractivity contribution in [3.63, 3.8) is 0 Å². The lowest BCUT2D eigenvalue weighted by Crippen LogP contribution is -2.31. The van der Waals surface area contributed by atoms with Gasteiger partial charge in [0.05, 0.1) is 19.1 Å². The van der Waals surface area contributed by atoms with Crippen LogP contribution in [-0.2, 0) is 11.2 Å². The number of halogens is 2. The molecule has 3 rings (SSSR count). The van der Waals surface area contributed by atoms with Crippen molar-refractivity contribution in [1.82, 2.24) is 5.32 Å². The Hall–Kier alpha value is -1.72. The Bertz CT molecular complexity index is 739. The first-order valence-electron chi connectivity index (χ1n) is 8.18. The summed E-state index contributed by atoms with van der Waals surface area (Å²) in [6.07, 6.45) is 3.40. The highest BCUT2D eigenvalue weighted by molar-refractivity contribution is 9.10. The number of fused-ring (bicyclic) bond motifs is 1. The molecule has 0 saturated carbocycles. The number of nitrogen functional groups attached to an aromatic ring is 1. The van der Waals surface area contributed by atoms with Crippen LogP contribution in [0.25, 0.3) is 0 Å². The maximum atomic E-state index is 12.2. The molecule has 1 aliphatic carbocycles. The summed E-state index contributed by atoms with van der Waals surface area (Å²) in [7, 11) is 0. The normalized spacial score (nSPS) is 15.6. The minimum atomic E-state index is 0. The maximum absolute atomic E-state index is 12.2. The molecule has 2 aromatic carbocycles. The second-order valence-corrected chi connectivity index (χ2v) is 6.94. The highest BCUT2D eigenvalue weighted by Crippen LogP contribution is 2.31. The summed E-state index contributed by atoms with van der Waals surface area (Å²) in [6.45, 7) is 0.365. The Labute approximate surface area is 162 Å². The number of nitrogens with one attached hydrogen (secondary N) is 1. The van der Waals surface area contributed by atoms with Crippen LogP contribution in [-0.4, -0.2) is 12.5 Å². The van der Waals surface area contributed by atoms with Crippen molar-refractivity contribution in [1.29, 1.82) is 0 Å². The third kappa shape index (κ3) is 5.38. The van der Waals surface area contributed by atoms with Crippen LogP contribution < -0.4 is 15.8 Å². The van der Waals surface area contributed by atoms with Crippen LogP contribution in [0.15, 0.2) is 46.9 Å². The number of carbonyl (C=O) groups is 1. The largest absolute Gasteiger partial charge is 0.493 e. The predicted molar refractivity (Wildman–Crippen MR) is 106 cm³/mol. The summed E-state index contributed by atoms with van der Waals surface area (Å²) in [4.78, 5) is 12.2. The van der Waals surface area contributed by atoms with Gasteiger partial charge in [0.2, 0.25) is 5.91 Å². The lowest BCUT2D eigenvalue weighted by molar-refractivity contribution is -0.122. The van der Waals surface area contributed by atoms with Crippen molar-refractivity contribution in [2.75, 3.05) is 12.3 Å². The molecular weight excluding hydrogens is 404 g/mol. The second-order valence-electron chi connectivity index (χ2n) is 6.03. The second kappa shape index (κ2) is 9.11. The third-order valence-corrected chi connectivity index (χ3v) is 4.70. The van der Waals surface area contributed by atoms with Gasteiger partial charge in [-0.15, -0.1) is 12.4 Å². The van der Waals surface area contributed by atoms with E-state index in [-0.39, 0.29) is 24.4 Å². The minimum absolute atomic E-state index is 0. The van der Waals surface area contributed by atoms with Gasteiger partial charge in [0.25, 0.3) is 0 Å². The van der Waals surface area contributed by atoms with E-state index >= 15 is 0 Å². The average Bonchev–Trinajstić information content (AvgIpc) is 2.55. The highest BCUT2D eigenvalue weighted by Gasteiger charge is 2.21. The van der Waals surface area contributed by atoms with Crippen LogP contribution in [0.1, 0.15) is 36.4 Å². The van der Waals surface area contributed by atoms with E-state index in [1.54, 1.807) is 0 Å². The van der Waals surface area contributed by atoms with E-state index in [4.69, 9.17) is 10.5 Å². The molecule has 6 heteroatoms. The summed E-state index contributed by atoms with van der Waals surface area (Å²) in [5.74, 6) is 0.773. The molecule has 1 aliphatic rings. The Morgan fingerprint density at radius 2 is 2.12 bits per heavy atom. The number of aryl methyl sites for hydroxylation is 1. The van der Waals surface area contributed by atoms with Crippen molar-refractivity contribution in [2.24, 2.45) is 0 Å². The average molecular weight is 426 g/mol.